The van der Waals surface area contributed by atoms with Gasteiger partial charge in [-0.1, -0.05) is 85.7 Å². The fourth-order valence-corrected chi connectivity index (χ4v) is 5.28. The quantitative estimate of drug-likeness (QED) is 0.291. The average molecular weight is 412 g/mol. The van der Waals surface area contributed by atoms with Crippen LogP contribution in [-0.4, -0.2) is 4.98 Å². The van der Waals surface area contributed by atoms with Crippen LogP contribution in [0.15, 0.2) is 40.9 Å². The second-order valence-electron chi connectivity index (χ2n) is 11.9. The van der Waals surface area contributed by atoms with Crippen LogP contribution in [-0.2, 0) is 16.2 Å². The molecule has 2 heteroatoms. The van der Waals surface area contributed by atoms with Crippen LogP contribution in [0.5, 0.6) is 0 Å². The normalized spacial score (nSPS) is 15.5. The SMILES string of the molecule is Cc1cnc2c(c1)C(C)(C)c1ccc(C(C)(C)C)c3oc4c(C(C)(C)C)ccc-2c4c13. The summed E-state index contributed by atoms with van der Waals surface area (Å²) in [6, 6.07) is 11.5. The maximum absolute atomic E-state index is 6.83. The number of hydrogen-bond acceptors (Lipinski definition) is 2. The zero-order chi connectivity index (χ0) is 22.5. The first kappa shape index (κ1) is 20.3. The van der Waals surface area contributed by atoms with Crippen molar-refractivity contribution >= 4 is 21.9 Å². The number of aryl methyl sites for hydroxylation is 1. The summed E-state index contributed by atoms with van der Waals surface area (Å²) in [4.78, 5) is 4.97. The minimum atomic E-state index is -0.180. The fourth-order valence-electron chi connectivity index (χ4n) is 5.28. The largest absolute Gasteiger partial charge is 0.455 e. The third kappa shape index (κ3) is 2.73. The Kier molecular flexibility index (Phi) is 3.93. The Morgan fingerprint density at radius 2 is 1.35 bits per heavy atom. The topological polar surface area (TPSA) is 26.0 Å². The highest BCUT2D eigenvalue weighted by molar-refractivity contribution is 6.17. The van der Waals surface area contributed by atoms with E-state index in [4.69, 9.17) is 9.40 Å². The van der Waals surface area contributed by atoms with Gasteiger partial charge in [0, 0.05) is 39.1 Å². The number of hydrogen-bond donors (Lipinski definition) is 0. The van der Waals surface area contributed by atoms with Crippen molar-refractivity contribution in [1.29, 1.82) is 0 Å². The predicted octanol–water partition coefficient (Wildman–Crippen LogP) is 8.19. The molecule has 0 bridgehead atoms. The Hall–Kier alpha value is -2.61. The highest BCUT2D eigenvalue weighted by atomic mass is 16.3. The fraction of sp³-hybridized carbons (Fsp3) is 0.414. The zero-order valence-corrected chi connectivity index (χ0v) is 20.3. The third-order valence-electron chi connectivity index (χ3n) is 7.01. The van der Waals surface area contributed by atoms with Crippen molar-refractivity contribution in [2.24, 2.45) is 0 Å². The number of benzene rings is 2. The Bertz CT molecular complexity index is 1370. The van der Waals surface area contributed by atoms with Crippen molar-refractivity contribution in [3.8, 4) is 11.3 Å². The molecule has 2 nitrogen and oxygen atoms in total. The summed E-state index contributed by atoms with van der Waals surface area (Å²) in [5.74, 6) is 0. The lowest BCUT2D eigenvalue weighted by Crippen LogP contribution is -2.21. The summed E-state index contributed by atoms with van der Waals surface area (Å²) in [7, 11) is 0. The van der Waals surface area contributed by atoms with Crippen LogP contribution >= 0.6 is 0 Å². The second-order valence-corrected chi connectivity index (χ2v) is 11.9. The first-order valence-electron chi connectivity index (χ1n) is 11.3. The molecule has 160 valence electrons. The summed E-state index contributed by atoms with van der Waals surface area (Å²) >= 11 is 0. The molecule has 0 unspecified atom stereocenters. The van der Waals surface area contributed by atoms with E-state index in [1.165, 1.54) is 44.2 Å². The Balaban J connectivity index is 2.10. The maximum atomic E-state index is 6.83. The van der Waals surface area contributed by atoms with Crippen LogP contribution in [0.2, 0.25) is 0 Å². The molecule has 0 radical (unpaired) electrons. The van der Waals surface area contributed by atoms with Crippen molar-refractivity contribution in [2.45, 2.75) is 78.6 Å². The molecule has 0 saturated carbocycles. The van der Waals surface area contributed by atoms with E-state index in [-0.39, 0.29) is 16.2 Å². The van der Waals surface area contributed by atoms with Crippen LogP contribution in [0, 0.1) is 6.92 Å². The van der Waals surface area contributed by atoms with Crippen LogP contribution in [0.25, 0.3) is 33.2 Å². The summed E-state index contributed by atoms with van der Waals surface area (Å²) in [5.41, 5.74) is 10.5. The second kappa shape index (κ2) is 6.00. The van der Waals surface area contributed by atoms with Gasteiger partial charge in [-0.15, -0.1) is 0 Å². The molecular weight excluding hydrogens is 378 g/mol. The van der Waals surface area contributed by atoms with Gasteiger partial charge in [-0.25, -0.2) is 0 Å². The first-order chi connectivity index (χ1) is 14.3. The molecule has 0 atom stereocenters. The minimum Gasteiger partial charge on any atom is -0.455 e. The van der Waals surface area contributed by atoms with Gasteiger partial charge in [0.05, 0.1) is 5.69 Å². The molecule has 0 spiro atoms. The van der Waals surface area contributed by atoms with E-state index in [0.717, 1.165) is 16.9 Å². The Morgan fingerprint density at radius 1 is 0.774 bits per heavy atom. The molecule has 0 aliphatic heterocycles. The molecule has 5 rings (SSSR count). The van der Waals surface area contributed by atoms with Crippen LogP contribution in [0.4, 0.5) is 0 Å². The molecule has 31 heavy (non-hydrogen) atoms. The number of fused-ring (bicyclic) bond motifs is 2. The van der Waals surface area contributed by atoms with Gasteiger partial charge < -0.3 is 4.42 Å². The number of rotatable bonds is 0. The first-order valence-corrected chi connectivity index (χ1v) is 11.3. The number of nitrogens with zero attached hydrogens (tertiary/aromatic N) is 1. The van der Waals surface area contributed by atoms with E-state index in [2.05, 4.69) is 92.6 Å². The molecule has 0 N–H and O–H groups in total. The number of aromatic nitrogens is 1. The lowest BCUT2D eigenvalue weighted by Gasteiger charge is -2.29. The molecule has 2 aromatic carbocycles. The van der Waals surface area contributed by atoms with Crippen LogP contribution in [0.1, 0.15) is 83.2 Å². The standard InChI is InChI=1S/C29H33NO/c1-16-14-21-24(30-15-16)17-10-11-19(27(2,3)4)25-22(17)23-18(29(21,8)9)12-13-20(26(23)31-25)28(5,6)7/h10-15H,1-9H3. The number of furan rings is 1. The van der Waals surface area contributed by atoms with Gasteiger partial charge in [-0.3, -0.25) is 4.98 Å². The lowest BCUT2D eigenvalue weighted by molar-refractivity contribution is 0.555. The van der Waals surface area contributed by atoms with Gasteiger partial charge in [0.1, 0.15) is 11.2 Å². The van der Waals surface area contributed by atoms with E-state index in [1.807, 2.05) is 6.20 Å². The van der Waals surface area contributed by atoms with Crippen molar-refractivity contribution in [1.82, 2.24) is 4.98 Å². The Morgan fingerprint density at radius 3 is 1.97 bits per heavy atom. The lowest BCUT2D eigenvalue weighted by atomic mass is 9.75. The summed E-state index contributed by atoms with van der Waals surface area (Å²) < 4.78 is 6.83. The van der Waals surface area contributed by atoms with E-state index >= 15 is 0 Å². The van der Waals surface area contributed by atoms with Crippen molar-refractivity contribution < 1.29 is 4.42 Å². The van der Waals surface area contributed by atoms with Crippen LogP contribution < -0.4 is 0 Å². The van der Waals surface area contributed by atoms with Gasteiger partial charge in [-0.05, 0) is 34.4 Å². The van der Waals surface area contributed by atoms with Crippen molar-refractivity contribution in [3.05, 3.63) is 64.3 Å². The van der Waals surface area contributed by atoms with Gasteiger partial charge >= 0.3 is 0 Å². The smallest absolute Gasteiger partial charge is 0.139 e. The minimum absolute atomic E-state index is 0.00734. The average Bonchev–Trinajstić information content (AvgIpc) is 3.01. The maximum Gasteiger partial charge on any atom is 0.139 e. The van der Waals surface area contributed by atoms with Crippen molar-refractivity contribution in [2.75, 3.05) is 0 Å². The molecule has 0 amide bonds. The molecule has 2 aromatic heterocycles. The van der Waals surface area contributed by atoms with E-state index in [9.17, 15) is 0 Å². The molecular formula is C29H33NO. The van der Waals surface area contributed by atoms with Crippen LogP contribution in [0.3, 0.4) is 0 Å². The summed E-state index contributed by atoms with van der Waals surface area (Å²) in [5, 5.41) is 2.50. The van der Waals surface area contributed by atoms with E-state index < -0.39 is 0 Å². The Labute approximate surface area is 185 Å². The zero-order valence-electron chi connectivity index (χ0n) is 20.3. The number of pyridine rings is 1. The van der Waals surface area contributed by atoms with Gasteiger partial charge in [0.2, 0.25) is 0 Å². The molecule has 1 aliphatic carbocycles. The molecule has 0 saturated heterocycles. The molecule has 0 fully saturated rings. The summed E-state index contributed by atoms with van der Waals surface area (Å²) in [6.45, 7) is 20.4. The van der Waals surface area contributed by atoms with E-state index in [1.54, 1.807) is 0 Å². The third-order valence-corrected chi connectivity index (χ3v) is 7.01. The van der Waals surface area contributed by atoms with Gasteiger partial charge in [-0.2, -0.15) is 0 Å². The van der Waals surface area contributed by atoms with Crippen molar-refractivity contribution in [3.63, 3.8) is 0 Å². The summed E-state index contributed by atoms with van der Waals surface area (Å²) in [6.07, 6.45) is 1.99. The monoisotopic (exact) mass is 411 g/mol. The highest BCUT2D eigenvalue weighted by Gasteiger charge is 2.37. The molecule has 2 heterocycles. The van der Waals surface area contributed by atoms with Gasteiger partial charge in [0.15, 0.2) is 0 Å². The van der Waals surface area contributed by atoms with Gasteiger partial charge in [0.25, 0.3) is 0 Å². The molecule has 1 aliphatic rings. The predicted molar refractivity (Wildman–Crippen MR) is 131 cm³/mol. The molecule has 4 aromatic rings. The highest BCUT2D eigenvalue weighted by Crippen LogP contribution is 2.52. The van der Waals surface area contributed by atoms with E-state index in [0.29, 0.717) is 0 Å².